The van der Waals surface area contributed by atoms with Gasteiger partial charge in [-0.3, -0.25) is 4.98 Å². The highest BCUT2D eigenvalue weighted by Gasteiger charge is 2.32. The van der Waals surface area contributed by atoms with Gasteiger partial charge in [0.25, 0.3) is 0 Å². The van der Waals surface area contributed by atoms with E-state index in [0.717, 1.165) is 49.7 Å². The normalized spacial score (nSPS) is 14.9. The highest BCUT2D eigenvalue weighted by atomic mass is 19.4. The molecule has 3 aromatic rings. The number of aromatic nitrogens is 3. The van der Waals surface area contributed by atoms with Gasteiger partial charge in [0.15, 0.2) is 0 Å². The molecule has 4 rings (SSSR count). The molecule has 0 unspecified atom stereocenters. The molecule has 1 aromatic carbocycles. The highest BCUT2D eigenvalue weighted by Crippen LogP contribution is 2.27. The number of alkyl halides is 3. The van der Waals surface area contributed by atoms with Crippen molar-refractivity contribution in [2.75, 3.05) is 36.4 Å². The molecule has 0 amide bonds. The summed E-state index contributed by atoms with van der Waals surface area (Å²) in [6.45, 7) is 12.1. The molecule has 190 valence electrons. The van der Waals surface area contributed by atoms with Gasteiger partial charge in [0.05, 0.1) is 6.04 Å². The fourth-order valence-corrected chi connectivity index (χ4v) is 3.93. The Morgan fingerprint density at radius 2 is 1.75 bits per heavy atom. The van der Waals surface area contributed by atoms with E-state index in [9.17, 15) is 13.2 Å². The quantitative estimate of drug-likeness (QED) is 0.452. The molecule has 1 fully saturated rings. The van der Waals surface area contributed by atoms with Crippen molar-refractivity contribution in [3.8, 4) is 5.88 Å². The number of hydrogen-bond donors (Lipinski definition) is 1. The number of anilines is 2. The Morgan fingerprint density at radius 3 is 2.31 bits per heavy atom. The lowest BCUT2D eigenvalue weighted by Gasteiger charge is -2.37. The van der Waals surface area contributed by atoms with Gasteiger partial charge in [-0.1, -0.05) is 24.8 Å². The summed E-state index contributed by atoms with van der Waals surface area (Å²) in [4.78, 5) is 8.11. The summed E-state index contributed by atoms with van der Waals surface area (Å²) in [5, 5.41) is 11.5. The van der Waals surface area contributed by atoms with Gasteiger partial charge in [-0.2, -0.15) is 13.2 Å². The number of nitrogens with one attached hydrogen (secondary N) is 1. The summed E-state index contributed by atoms with van der Waals surface area (Å²) in [7, 11) is 0. The second kappa shape index (κ2) is 10.8. The Kier molecular flexibility index (Phi) is 7.61. The Morgan fingerprint density at radius 1 is 1.03 bits per heavy atom. The number of benzene rings is 1. The number of halogens is 3. The molecule has 1 saturated heterocycles. The molecule has 1 aliphatic rings. The van der Waals surface area contributed by atoms with Crippen LogP contribution in [0.3, 0.4) is 0 Å². The average molecular weight is 499 g/mol. The maximum atomic E-state index is 12.6. The zero-order chi connectivity index (χ0) is 25.7. The zero-order valence-electron chi connectivity index (χ0n) is 20.3. The van der Waals surface area contributed by atoms with Gasteiger partial charge >= 0.3 is 6.18 Å². The van der Waals surface area contributed by atoms with Gasteiger partial charge in [-0.25, -0.2) is 0 Å². The number of nitrogens with zero attached hydrogens (tertiary/aromatic N) is 5. The fraction of sp³-hybridized carbons (Fsp3) is 0.346. The number of piperazine rings is 1. The van der Waals surface area contributed by atoms with Crippen molar-refractivity contribution in [1.82, 2.24) is 20.1 Å². The Balaban J connectivity index is 1.27. The fourth-order valence-electron chi connectivity index (χ4n) is 3.93. The third-order valence-electron chi connectivity index (χ3n) is 6.08. The Bertz CT molecular complexity index is 1140. The van der Waals surface area contributed by atoms with E-state index in [4.69, 9.17) is 4.74 Å². The summed E-state index contributed by atoms with van der Waals surface area (Å²) >= 11 is 0. The van der Waals surface area contributed by atoms with Crippen LogP contribution in [0, 0.1) is 0 Å². The molecule has 1 atom stereocenters. The first-order valence-corrected chi connectivity index (χ1v) is 11.7. The van der Waals surface area contributed by atoms with E-state index >= 15 is 0 Å². The summed E-state index contributed by atoms with van der Waals surface area (Å²) in [5.41, 5.74) is 3.01. The third kappa shape index (κ3) is 6.44. The molecule has 0 saturated carbocycles. The van der Waals surface area contributed by atoms with Gasteiger partial charge in [-0.15, -0.1) is 10.2 Å². The minimum absolute atomic E-state index is 0.0126. The van der Waals surface area contributed by atoms with Crippen LogP contribution in [0.25, 0.3) is 0 Å². The predicted molar refractivity (Wildman–Crippen MR) is 133 cm³/mol. The van der Waals surface area contributed by atoms with Crippen LogP contribution in [0.2, 0.25) is 0 Å². The number of allylic oxidation sites excluding steroid dienone is 1. The summed E-state index contributed by atoms with van der Waals surface area (Å²) in [6.07, 6.45) is -3.32. The molecule has 3 heterocycles. The van der Waals surface area contributed by atoms with Crippen molar-refractivity contribution < 1.29 is 17.9 Å². The predicted octanol–water partition coefficient (Wildman–Crippen LogP) is 5.30. The van der Waals surface area contributed by atoms with Gasteiger partial charge < -0.3 is 19.9 Å². The second-order valence-corrected chi connectivity index (χ2v) is 8.76. The van der Waals surface area contributed by atoms with Crippen molar-refractivity contribution in [3.05, 3.63) is 83.8 Å². The maximum Gasteiger partial charge on any atom is 0.433 e. The Hall–Kier alpha value is -3.82. The van der Waals surface area contributed by atoms with Crippen molar-refractivity contribution in [3.63, 3.8) is 0 Å². The van der Waals surface area contributed by atoms with E-state index in [-0.39, 0.29) is 18.5 Å². The standard InChI is InChI=1S/C26H29F3N6O/c1-18(2)34-12-14-35(15-13-34)22-7-5-21(6-8-22)19(3)31-24-10-11-25(33-32-24)36-17-20-4-9-23(30-16-20)26(27,28)29/h4-11,16,19H,1,12-15,17H2,2-3H3,(H,31,32)/t19-/m0/s1. The summed E-state index contributed by atoms with van der Waals surface area (Å²) in [5.74, 6) is 0.857. The van der Waals surface area contributed by atoms with Crippen molar-refractivity contribution in [2.24, 2.45) is 0 Å². The molecule has 1 N–H and O–H groups in total. The minimum Gasteiger partial charge on any atom is -0.472 e. The van der Waals surface area contributed by atoms with E-state index < -0.39 is 11.9 Å². The van der Waals surface area contributed by atoms with Gasteiger partial charge in [-0.05, 0) is 43.7 Å². The van der Waals surface area contributed by atoms with Gasteiger partial charge in [0.2, 0.25) is 5.88 Å². The highest BCUT2D eigenvalue weighted by molar-refractivity contribution is 5.49. The molecule has 1 aliphatic heterocycles. The third-order valence-corrected chi connectivity index (χ3v) is 6.08. The lowest BCUT2D eigenvalue weighted by atomic mass is 10.1. The average Bonchev–Trinajstić information content (AvgIpc) is 2.88. The number of pyridine rings is 1. The lowest BCUT2D eigenvalue weighted by Crippen LogP contribution is -2.45. The number of ether oxygens (including phenoxy) is 1. The minimum atomic E-state index is -4.46. The van der Waals surface area contributed by atoms with E-state index in [1.54, 1.807) is 12.1 Å². The van der Waals surface area contributed by atoms with Crippen LogP contribution in [0.4, 0.5) is 24.7 Å². The smallest absolute Gasteiger partial charge is 0.433 e. The van der Waals surface area contributed by atoms with Crippen LogP contribution >= 0.6 is 0 Å². The largest absolute Gasteiger partial charge is 0.472 e. The lowest BCUT2D eigenvalue weighted by molar-refractivity contribution is -0.141. The molecular formula is C26H29F3N6O. The molecule has 0 bridgehead atoms. The molecule has 0 spiro atoms. The molecule has 0 radical (unpaired) electrons. The zero-order valence-corrected chi connectivity index (χ0v) is 20.3. The van der Waals surface area contributed by atoms with Crippen molar-refractivity contribution in [2.45, 2.75) is 32.7 Å². The van der Waals surface area contributed by atoms with Crippen LogP contribution in [-0.4, -0.2) is 46.3 Å². The van der Waals surface area contributed by atoms with E-state index in [0.29, 0.717) is 11.4 Å². The number of rotatable bonds is 8. The van der Waals surface area contributed by atoms with Crippen LogP contribution in [0.1, 0.15) is 36.7 Å². The molecule has 0 aliphatic carbocycles. The van der Waals surface area contributed by atoms with E-state index in [1.165, 1.54) is 11.8 Å². The SMILES string of the molecule is C=C(C)N1CCN(c2ccc([C@H](C)Nc3ccc(OCc4ccc(C(F)(F)F)nc4)nn3)cc2)CC1. The van der Waals surface area contributed by atoms with Crippen molar-refractivity contribution >= 4 is 11.5 Å². The first kappa shape index (κ1) is 25.3. The van der Waals surface area contributed by atoms with Crippen LogP contribution in [0.5, 0.6) is 5.88 Å². The second-order valence-electron chi connectivity index (χ2n) is 8.76. The van der Waals surface area contributed by atoms with Crippen LogP contribution in [-0.2, 0) is 12.8 Å². The van der Waals surface area contributed by atoms with Gasteiger partial charge in [0, 0.05) is 55.4 Å². The molecule has 2 aromatic heterocycles. The number of hydrogen-bond acceptors (Lipinski definition) is 7. The Labute approximate surface area is 208 Å². The maximum absolute atomic E-state index is 12.6. The molecular weight excluding hydrogens is 469 g/mol. The monoisotopic (exact) mass is 498 g/mol. The topological polar surface area (TPSA) is 66.4 Å². The molecule has 10 heteroatoms. The van der Waals surface area contributed by atoms with E-state index in [2.05, 4.69) is 61.1 Å². The van der Waals surface area contributed by atoms with E-state index in [1.807, 2.05) is 13.8 Å². The van der Waals surface area contributed by atoms with Gasteiger partial charge in [0.1, 0.15) is 18.1 Å². The van der Waals surface area contributed by atoms with Crippen LogP contribution < -0.4 is 15.0 Å². The molecule has 36 heavy (non-hydrogen) atoms. The van der Waals surface area contributed by atoms with Crippen molar-refractivity contribution in [1.29, 1.82) is 0 Å². The summed E-state index contributed by atoms with van der Waals surface area (Å²) < 4.78 is 43.4. The molecule has 7 nitrogen and oxygen atoms in total. The first-order valence-electron chi connectivity index (χ1n) is 11.7. The summed E-state index contributed by atoms with van der Waals surface area (Å²) in [6, 6.07) is 14.2. The first-order chi connectivity index (χ1) is 17.2. The van der Waals surface area contributed by atoms with Crippen LogP contribution in [0.15, 0.2) is 67.0 Å².